The van der Waals surface area contributed by atoms with Gasteiger partial charge in [0.05, 0.1) is 24.2 Å². The zero-order valence-corrected chi connectivity index (χ0v) is 17.9. The van der Waals surface area contributed by atoms with Gasteiger partial charge in [-0.05, 0) is 58.7 Å². The summed E-state index contributed by atoms with van der Waals surface area (Å²) < 4.78 is 31.8. The summed E-state index contributed by atoms with van der Waals surface area (Å²) in [6.07, 6.45) is 0. The van der Waals surface area contributed by atoms with E-state index in [0.717, 1.165) is 20.0 Å². The minimum atomic E-state index is -3.62. The number of methoxy groups -OCH3 is 1. The second kappa shape index (κ2) is 8.73. The summed E-state index contributed by atoms with van der Waals surface area (Å²) in [6, 6.07) is 10.1. The van der Waals surface area contributed by atoms with E-state index in [0.29, 0.717) is 5.75 Å². The molecule has 0 heterocycles. The van der Waals surface area contributed by atoms with E-state index in [1.54, 1.807) is 0 Å². The lowest BCUT2D eigenvalue weighted by Crippen LogP contribution is -2.24. The standard InChI is InChI=1S/C18H22BrN3O4S/c1-12-5-7-15(14(19)9-12)20-11-18(23)21-16-10-13(6-8-17(16)26-4)27(24,25)22(2)3/h5-10,20H,11H2,1-4H3,(H,21,23). The fourth-order valence-electron chi connectivity index (χ4n) is 2.29. The first-order chi connectivity index (χ1) is 12.6. The van der Waals surface area contributed by atoms with Crippen molar-refractivity contribution in [2.24, 2.45) is 0 Å². The third-order valence-corrected chi connectivity index (χ3v) is 6.25. The molecule has 2 aromatic carbocycles. The molecule has 2 rings (SSSR count). The first-order valence-electron chi connectivity index (χ1n) is 8.05. The lowest BCUT2D eigenvalue weighted by Gasteiger charge is -2.15. The molecule has 0 saturated carbocycles. The number of nitrogens with zero attached hydrogens (tertiary/aromatic N) is 1. The van der Waals surface area contributed by atoms with Crippen LogP contribution in [0.5, 0.6) is 5.75 Å². The van der Waals surface area contributed by atoms with Gasteiger partial charge in [0.25, 0.3) is 0 Å². The molecule has 0 saturated heterocycles. The molecule has 146 valence electrons. The maximum atomic E-state index is 12.3. The highest BCUT2D eigenvalue weighted by molar-refractivity contribution is 9.10. The van der Waals surface area contributed by atoms with Gasteiger partial charge in [-0.3, -0.25) is 4.79 Å². The number of halogens is 1. The Kier molecular flexibility index (Phi) is 6.85. The van der Waals surface area contributed by atoms with Crippen molar-refractivity contribution in [3.8, 4) is 5.75 Å². The topological polar surface area (TPSA) is 87.7 Å². The second-order valence-electron chi connectivity index (χ2n) is 6.03. The fraction of sp³-hybridized carbons (Fsp3) is 0.278. The number of rotatable bonds is 7. The van der Waals surface area contributed by atoms with Crippen LogP contribution in [0.1, 0.15) is 5.56 Å². The molecule has 1 amide bonds. The Balaban J connectivity index is 2.16. The number of hydrogen-bond donors (Lipinski definition) is 2. The number of aryl methyl sites for hydroxylation is 1. The first kappa shape index (κ1) is 21.2. The maximum Gasteiger partial charge on any atom is 0.243 e. The van der Waals surface area contributed by atoms with Gasteiger partial charge in [0.1, 0.15) is 5.75 Å². The summed E-state index contributed by atoms with van der Waals surface area (Å²) in [5.41, 5.74) is 2.17. The van der Waals surface area contributed by atoms with Crippen molar-refractivity contribution in [2.45, 2.75) is 11.8 Å². The van der Waals surface area contributed by atoms with Crippen molar-refractivity contribution < 1.29 is 17.9 Å². The number of benzene rings is 2. The molecule has 0 aliphatic rings. The molecular formula is C18H22BrN3O4S. The lowest BCUT2D eigenvalue weighted by atomic mass is 10.2. The molecule has 9 heteroatoms. The molecule has 7 nitrogen and oxygen atoms in total. The summed E-state index contributed by atoms with van der Waals surface area (Å²) >= 11 is 3.45. The largest absolute Gasteiger partial charge is 0.495 e. The number of hydrogen-bond acceptors (Lipinski definition) is 5. The number of carbonyl (C=O) groups excluding carboxylic acids is 1. The van der Waals surface area contributed by atoms with Crippen molar-refractivity contribution in [3.05, 3.63) is 46.4 Å². The quantitative estimate of drug-likeness (QED) is 0.669. The van der Waals surface area contributed by atoms with E-state index < -0.39 is 10.0 Å². The van der Waals surface area contributed by atoms with Crippen molar-refractivity contribution in [3.63, 3.8) is 0 Å². The predicted molar refractivity (Wildman–Crippen MR) is 110 cm³/mol. The Morgan fingerprint density at radius 1 is 1.15 bits per heavy atom. The van der Waals surface area contributed by atoms with E-state index in [2.05, 4.69) is 26.6 Å². The van der Waals surface area contributed by atoms with Gasteiger partial charge in [0.15, 0.2) is 0 Å². The maximum absolute atomic E-state index is 12.3. The van der Waals surface area contributed by atoms with Crippen molar-refractivity contribution in [1.29, 1.82) is 0 Å². The van der Waals surface area contributed by atoms with E-state index in [4.69, 9.17) is 4.74 Å². The normalized spacial score (nSPS) is 11.3. The summed E-state index contributed by atoms with van der Waals surface area (Å²) in [5, 5.41) is 5.72. The van der Waals surface area contributed by atoms with Crippen LogP contribution >= 0.6 is 15.9 Å². The lowest BCUT2D eigenvalue weighted by molar-refractivity contribution is -0.114. The van der Waals surface area contributed by atoms with E-state index >= 15 is 0 Å². The summed E-state index contributed by atoms with van der Waals surface area (Å²) in [4.78, 5) is 12.4. The van der Waals surface area contributed by atoms with Gasteiger partial charge < -0.3 is 15.4 Å². The van der Waals surface area contributed by atoms with Crippen LogP contribution in [0.3, 0.4) is 0 Å². The molecular weight excluding hydrogens is 434 g/mol. The average Bonchev–Trinajstić information content (AvgIpc) is 2.60. The van der Waals surface area contributed by atoms with Crippen molar-refractivity contribution >= 4 is 43.2 Å². The molecule has 0 bridgehead atoms. The molecule has 0 aliphatic carbocycles. The number of nitrogens with one attached hydrogen (secondary N) is 2. The number of sulfonamides is 1. The Hall–Kier alpha value is -2.10. The zero-order valence-electron chi connectivity index (χ0n) is 15.5. The molecule has 0 radical (unpaired) electrons. The molecule has 0 unspecified atom stereocenters. The Bertz CT molecular complexity index is 946. The highest BCUT2D eigenvalue weighted by Gasteiger charge is 2.19. The monoisotopic (exact) mass is 455 g/mol. The third-order valence-electron chi connectivity index (χ3n) is 3.79. The smallest absolute Gasteiger partial charge is 0.243 e. The van der Waals surface area contributed by atoms with E-state index in [-0.39, 0.29) is 23.0 Å². The van der Waals surface area contributed by atoms with Crippen molar-refractivity contribution in [2.75, 3.05) is 38.4 Å². The van der Waals surface area contributed by atoms with Crippen LogP contribution in [0.2, 0.25) is 0 Å². The van der Waals surface area contributed by atoms with Gasteiger partial charge in [-0.15, -0.1) is 0 Å². The zero-order chi connectivity index (χ0) is 20.2. The second-order valence-corrected chi connectivity index (χ2v) is 9.04. The van der Waals surface area contributed by atoms with E-state index in [1.807, 2.05) is 25.1 Å². The van der Waals surface area contributed by atoms with Crippen LogP contribution in [0.25, 0.3) is 0 Å². The van der Waals surface area contributed by atoms with Gasteiger partial charge in [0, 0.05) is 24.3 Å². The molecule has 0 atom stereocenters. The minimum absolute atomic E-state index is 0.00940. The Morgan fingerprint density at radius 3 is 2.44 bits per heavy atom. The number of amides is 1. The highest BCUT2D eigenvalue weighted by Crippen LogP contribution is 2.28. The third kappa shape index (κ3) is 5.21. The summed E-state index contributed by atoms with van der Waals surface area (Å²) in [7, 11) is 0.722. The van der Waals surface area contributed by atoms with Crippen LogP contribution in [0.15, 0.2) is 45.8 Å². The van der Waals surface area contributed by atoms with E-state index in [1.165, 1.54) is 39.4 Å². The van der Waals surface area contributed by atoms with Crippen LogP contribution < -0.4 is 15.4 Å². The molecule has 0 spiro atoms. The van der Waals surface area contributed by atoms with Gasteiger partial charge in [-0.1, -0.05) is 6.07 Å². The van der Waals surface area contributed by atoms with Crippen LogP contribution in [0.4, 0.5) is 11.4 Å². The number of ether oxygens (including phenoxy) is 1. The van der Waals surface area contributed by atoms with Gasteiger partial charge >= 0.3 is 0 Å². The SMILES string of the molecule is COc1ccc(S(=O)(=O)N(C)C)cc1NC(=O)CNc1ccc(C)cc1Br. The van der Waals surface area contributed by atoms with Gasteiger partial charge in [-0.25, -0.2) is 12.7 Å². The fourth-order valence-corrected chi connectivity index (χ4v) is 3.85. The molecule has 2 aromatic rings. The van der Waals surface area contributed by atoms with Crippen LogP contribution in [-0.4, -0.2) is 46.4 Å². The van der Waals surface area contributed by atoms with E-state index in [9.17, 15) is 13.2 Å². The summed E-state index contributed by atoms with van der Waals surface area (Å²) in [6.45, 7) is 1.98. The Labute approximate surface area is 167 Å². The average molecular weight is 456 g/mol. The van der Waals surface area contributed by atoms with Gasteiger partial charge in [0.2, 0.25) is 15.9 Å². The van der Waals surface area contributed by atoms with Crippen LogP contribution in [-0.2, 0) is 14.8 Å². The minimum Gasteiger partial charge on any atom is -0.495 e. The number of anilines is 2. The molecule has 0 fully saturated rings. The molecule has 2 N–H and O–H groups in total. The number of carbonyl (C=O) groups is 1. The Morgan fingerprint density at radius 2 is 1.85 bits per heavy atom. The van der Waals surface area contributed by atoms with Crippen LogP contribution in [0, 0.1) is 6.92 Å². The summed E-state index contributed by atoms with van der Waals surface area (Å²) in [5.74, 6) is 0.0396. The van der Waals surface area contributed by atoms with Crippen molar-refractivity contribution in [1.82, 2.24) is 4.31 Å². The molecule has 0 aromatic heterocycles. The highest BCUT2D eigenvalue weighted by atomic mass is 79.9. The predicted octanol–water partition coefficient (Wildman–Crippen LogP) is 3.07. The molecule has 27 heavy (non-hydrogen) atoms. The first-order valence-corrected chi connectivity index (χ1v) is 10.3. The van der Waals surface area contributed by atoms with Gasteiger partial charge in [-0.2, -0.15) is 0 Å². The molecule has 0 aliphatic heterocycles.